The summed E-state index contributed by atoms with van der Waals surface area (Å²) in [6.45, 7) is -0.958. The van der Waals surface area contributed by atoms with Gasteiger partial charge in [0, 0.05) is 5.56 Å². The van der Waals surface area contributed by atoms with E-state index in [1.807, 2.05) is 0 Å². The topological polar surface area (TPSA) is 80.7 Å². The van der Waals surface area contributed by atoms with Crippen LogP contribution in [0.5, 0.6) is 5.75 Å². The van der Waals surface area contributed by atoms with Crippen molar-refractivity contribution in [2.45, 2.75) is 0 Å². The van der Waals surface area contributed by atoms with Gasteiger partial charge in [-0.3, -0.25) is 14.4 Å². The molecule has 1 aliphatic rings. The number of carbonyl (C=O) groups is 3. The predicted octanol–water partition coefficient (Wildman–Crippen LogP) is 0.562. The van der Waals surface area contributed by atoms with Gasteiger partial charge in [-0.25, -0.2) is 0 Å². The minimum Gasteiger partial charge on any atom is -0.485 e. The maximum absolute atomic E-state index is 11.7. The van der Waals surface area contributed by atoms with Crippen LogP contribution in [0.2, 0.25) is 0 Å². The first-order valence-electron chi connectivity index (χ1n) is 5.28. The van der Waals surface area contributed by atoms with Crippen molar-refractivity contribution in [1.29, 1.82) is 0 Å². The minimum absolute atomic E-state index is 0.163. The van der Waals surface area contributed by atoms with Gasteiger partial charge in [0.1, 0.15) is 19.0 Å². The number of fused-ring (bicyclic) bond motifs is 1. The van der Waals surface area contributed by atoms with E-state index in [9.17, 15) is 14.4 Å². The van der Waals surface area contributed by atoms with Crippen molar-refractivity contribution in [3.05, 3.63) is 41.5 Å². The van der Waals surface area contributed by atoms with E-state index in [1.54, 1.807) is 6.07 Å². The van der Waals surface area contributed by atoms with E-state index >= 15 is 0 Å². The van der Waals surface area contributed by atoms with E-state index in [0.29, 0.717) is 0 Å². The summed E-state index contributed by atoms with van der Waals surface area (Å²) >= 11 is 0. The zero-order valence-electron chi connectivity index (χ0n) is 9.38. The molecule has 0 aromatic heterocycles. The summed E-state index contributed by atoms with van der Waals surface area (Å²) in [4.78, 5) is 34.2. The smallest absolute Gasteiger partial charge is 0.195 e. The Bertz CT molecular complexity index is 557. The Kier molecular flexibility index (Phi) is 3.34. The summed E-state index contributed by atoms with van der Waals surface area (Å²) in [5, 5.41) is 8.58. The van der Waals surface area contributed by atoms with E-state index in [1.165, 1.54) is 24.3 Å². The van der Waals surface area contributed by atoms with Gasteiger partial charge in [0.25, 0.3) is 0 Å². The van der Waals surface area contributed by atoms with Crippen LogP contribution in [0.25, 0.3) is 0 Å². The number of aliphatic hydroxyl groups is 1. The third kappa shape index (κ3) is 2.21. The van der Waals surface area contributed by atoms with Gasteiger partial charge >= 0.3 is 0 Å². The third-order valence-corrected chi connectivity index (χ3v) is 2.49. The van der Waals surface area contributed by atoms with Crippen molar-refractivity contribution in [3.8, 4) is 5.75 Å². The first-order valence-corrected chi connectivity index (χ1v) is 5.28. The molecule has 92 valence electrons. The van der Waals surface area contributed by atoms with Crippen molar-refractivity contribution in [2.24, 2.45) is 0 Å². The molecule has 0 heterocycles. The van der Waals surface area contributed by atoms with Gasteiger partial charge in [0.2, 0.25) is 0 Å². The van der Waals surface area contributed by atoms with Crippen LogP contribution in [0.15, 0.2) is 30.4 Å². The molecule has 0 fully saturated rings. The Hall–Kier alpha value is -2.27. The summed E-state index contributed by atoms with van der Waals surface area (Å²) in [7, 11) is 0. The average molecular weight is 246 g/mol. The molecule has 5 nitrogen and oxygen atoms in total. The molecule has 18 heavy (non-hydrogen) atoms. The largest absolute Gasteiger partial charge is 0.485 e. The second-order valence-corrected chi connectivity index (χ2v) is 3.73. The Labute approximate surface area is 103 Å². The second kappa shape index (κ2) is 4.93. The fraction of sp³-hybridized carbons (Fsp3) is 0.154. The predicted molar refractivity (Wildman–Crippen MR) is 61.8 cm³/mol. The molecule has 1 aliphatic carbocycles. The van der Waals surface area contributed by atoms with Gasteiger partial charge < -0.3 is 9.84 Å². The van der Waals surface area contributed by atoms with Crippen molar-refractivity contribution in [1.82, 2.24) is 0 Å². The Balaban J connectivity index is 2.34. The molecule has 1 aromatic carbocycles. The van der Waals surface area contributed by atoms with Gasteiger partial charge in [-0.05, 0) is 18.2 Å². The lowest BCUT2D eigenvalue weighted by atomic mass is 9.94. The van der Waals surface area contributed by atoms with E-state index in [2.05, 4.69) is 0 Å². The van der Waals surface area contributed by atoms with Crippen LogP contribution >= 0.6 is 0 Å². The quantitative estimate of drug-likeness (QED) is 0.839. The molecule has 0 saturated heterocycles. The summed E-state index contributed by atoms with van der Waals surface area (Å²) in [5.41, 5.74) is 0.423. The summed E-state index contributed by atoms with van der Waals surface area (Å²) in [6, 6.07) is 4.61. The highest BCUT2D eigenvalue weighted by atomic mass is 16.5. The molecule has 0 unspecified atom stereocenters. The summed E-state index contributed by atoms with van der Waals surface area (Å²) in [5.74, 6) is -0.935. The molecule has 0 atom stereocenters. The van der Waals surface area contributed by atoms with E-state index in [4.69, 9.17) is 9.84 Å². The number of Topliss-reactive ketones (excluding diaryl/α,β-unsaturated/α-hetero) is 1. The number of allylic oxidation sites excluding steroid dienone is 2. The SMILES string of the molecule is O=C(CO)COc1cccc2c1C(=O)C=CC2=O. The lowest BCUT2D eigenvalue weighted by Gasteiger charge is -2.14. The van der Waals surface area contributed by atoms with Gasteiger partial charge in [-0.1, -0.05) is 12.1 Å². The zero-order chi connectivity index (χ0) is 13.1. The Morgan fingerprint density at radius 3 is 2.61 bits per heavy atom. The molecular weight excluding hydrogens is 236 g/mol. The number of benzene rings is 1. The normalized spacial score (nSPS) is 13.4. The average Bonchev–Trinajstić information content (AvgIpc) is 2.40. The number of carbonyl (C=O) groups excluding carboxylic acids is 3. The number of hydrogen-bond acceptors (Lipinski definition) is 5. The minimum atomic E-state index is -0.623. The maximum atomic E-state index is 11.7. The van der Waals surface area contributed by atoms with Crippen LogP contribution in [0.1, 0.15) is 20.7 Å². The highest BCUT2D eigenvalue weighted by Gasteiger charge is 2.23. The number of rotatable bonds is 4. The van der Waals surface area contributed by atoms with E-state index in [-0.39, 0.29) is 35.0 Å². The maximum Gasteiger partial charge on any atom is 0.195 e. The first kappa shape index (κ1) is 12.2. The number of ether oxygens (including phenoxy) is 1. The molecule has 0 spiro atoms. The number of hydrogen-bond donors (Lipinski definition) is 1. The van der Waals surface area contributed by atoms with Crippen LogP contribution in [0.4, 0.5) is 0 Å². The van der Waals surface area contributed by atoms with Crippen LogP contribution in [0.3, 0.4) is 0 Å². The van der Waals surface area contributed by atoms with Crippen molar-refractivity contribution in [2.75, 3.05) is 13.2 Å². The molecule has 2 rings (SSSR count). The van der Waals surface area contributed by atoms with Crippen LogP contribution in [0, 0.1) is 0 Å². The molecule has 1 N–H and O–H groups in total. The molecular formula is C13H10O5. The molecule has 0 radical (unpaired) electrons. The fourth-order valence-electron chi connectivity index (χ4n) is 1.64. The molecule has 0 bridgehead atoms. The zero-order valence-corrected chi connectivity index (χ0v) is 9.38. The van der Waals surface area contributed by atoms with E-state index in [0.717, 1.165) is 0 Å². The molecule has 1 aromatic rings. The standard InChI is InChI=1S/C13H10O5/c14-6-8(15)7-18-12-3-1-2-9-10(16)4-5-11(17)13(9)12/h1-5,14H,6-7H2. The van der Waals surface area contributed by atoms with Crippen molar-refractivity contribution >= 4 is 17.3 Å². The van der Waals surface area contributed by atoms with Crippen molar-refractivity contribution in [3.63, 3.8) is 0 Å². The Morgan fingerprint density at radius 2 is 1.89 bits per heavy atom. The van der Waals surface area contributed by atoms with Crippen LogP contribution in [-0.4, -0.2) is 35.7 Å². The molecule has 0 amide bonds. The Morgan fingerprint density at radius 1 is 1.17 bits per heavy atom. The second-order valence-electron chi connectivity index (χ2n) is 3.73. The number of ketones is 3. The molecule has 0 aliphatic heterocycles. The first-order chi connectivity index (χ1) is 8.63. The monoisotopic (exact) mass is 246 g/mol. The van der Waals surface area contributed by atoms with E-state index < -0.39 is 12.4 Å². The van der Waals surface area contributed by atoms with Crippen molar-refractivity contribution < 1.29 is 24.2 Å². The molecule has 5 heteroatoms. The highest BCUT2D eigenvalue weighted by molar-refractivity contribution is 6.23. The lowest BCUT2D eigenvalue weighted by Crippen LogP contribution is -2.18. The van der Waals surface area contributed by atoms with Crippen LogP contribution in [-0.2, 0) is 4.79 Å². The van der Waals surface area contributed by atoms with Gasteiger partial charge in [0.05, 0.1) is 5.56 Å². The van der Waals surface area contributed by atoms with Gasteiger partial charge in [-0.2, -0.15) is 0 Å². The summed E-state index contributed by atoms with van der Waals surface area (Å²) in [6.07, 6.45) is 2.37. The van der Waals surface area contributed by atoms with Crippen LogP contribution < -0.4 is 4.74 Å². The molecule has 0 saturated carbocycles. The summed E-state index contributed by atoms with van der Waals surface area (Å²) < 4.78 is 5.16. The van der Waals surface area contributed by atoms with Gasteiger partial charge in [0.15, 0.2) is 17.3 Å². The fourth-order valence-corrected chi connectivity index (χ4v) is 1.64. The lowest BCUT2D eigenvalue weighted by molar-refractivity contribution is -0.123. The van der Waals surface area contributed by atoms with Gasteiger partial charge in [-0.15, -0.1) is 0 Å². The number of aliphatic hydroxyl groups excluding tert-OH is 1. The third-order valence-electron chi connectivity index (χ3n) is 2.49. The highest BCUT2D eigenvalue weighted by Crippen LogP contribution is 2.26.